The Morgan fingerprint density at radius 3 is 2.85 bits per heavy atom. The lowest BCUT2D eigenvalue weighted by Gasteiger charge is -2.17. The summed E-state index contributed by atoms with van der Waals surface area (Å²) in [5, 5.41) is 1.54. The third-order valence-corrected chi connectivity index (χ3v) is 6.83. The predicted octanol–water partition coefficient (Wildman–Crippen LogP) is 1.64. The molecule has 1 aliphatic heterocycles. The molecule has 1 saturated heterocycles. The Morgan fingerprint density at radius 1 is 1.38 bits per heavy atom. The van der Waals surface area contributed by atoms with Crippen molar-refractivity contribution in [2.45, 2.75) is 24.3 Å². The van der Waals surface area contributed by atoms with Gasteiger partial charge in [0.1, 0.15) is 27.4 Å². The van der Waals surface area contributed by atoms with Crippen LogP contribution < -0.4 is 10.4 Å². The van der Waals surface area contributed by atoms with Gasteiger partial charge in [-0.25, -0.2) is 18.0 Å². The van der Waals surface area contributed by atoms with Crippen LogP contribution in [0.3, 0.4) is 0 Å². The Morgan fingerprint density at radius 2 is 2.15 bits per heavy atom. The van der Waals surface area contributed by atoms with E-state index in [9.17, 15) is 18.0 Å². The summed E-state index contributed by atoms with van der Waals surface area (Å²) < 4.78 is 42.2. The number of rotatable bonds is 5. The molecule has 0 bridgehead atoms. The van der Waals surface area contributed by atoms with Gasteiger partial charge in [-0.2, -0.15) is 4.31 Å². The van der Waals surface area contributed by atoms with Crippen LogP contribution in [0.25, 0.3) is 0 Å². The molecule has 0 aromatic carbocycles. The maximum atomic E-state index is 12.8. The van der Waals surface area contributed by atoms with Gasteiger partial charge in [0.05, 0.1) is 19.7 Å². The number of carbonyl (C=O) groups is 1. The van der Waals surface area contributed by atoms with Gasteiger partial charge in [0, 0.05) is 12.6 Å². The van der Waals surface area contributed by atoms with Gasteiger partial charge < -0.3 is 13.9 Å². The second-order valence-corrected chi connectivity index (χ2v) is 8.54. The summed E-state index contributed by atoms with van der Waals surface area (Å²) in [5.41, 5.74) is -0.525. The highest BCUT2D eigenvalue weighted by Crippen LogP contribution is 2.29. The van der Waals surface area contributed by atoms with Crippen LogP contribution in [0.15, 0.2) is 37.7 Å². The van der Waals surface area contributed by atoms with E-state index in [0.717, 1.165) is 11.3 Å². The Balaban J connectivity index is 1.76. The molecule has 140 valence electrons. The largest absolute Gasteiger partial charge is 0.489 e. The van der Waals surface area contributed by atoms with Crippen LogP contribution in [-0.2, 0) is 14.8 Å². The number of methoxy groups -OCH3 is 1. The molecule has 8 nitrogen and oxygen atoms in total. The second kappa shape index (κ2) is 7.22. The van der Waals surface area contributed by atoms with Crippen LogP contribution >= 0.6 is 11.3 Å². The van der Waals surface area contributed by atoms with Gasteiger partial charge in [-0.1, -0.05) is 0 Å². The highest BCUT2D eigenvalue weighted by molar-refractivity contribution is 7.89. The first-order chi connectivity index (χ1) is 12.3. The molecule has 0 aliphatic carbocycles. The van der Waals surface area contributed by atoms with E-state index < -0.39 is 27.7 Å². The topological polar surface area (TPSA) is 103 Å². The smallest absolute Gasteiger partial charge is 0.349 e. The van der Waals surface area contributed by atoms with E-state index >= 15 is 0 Å². The number of hydrogen-bond donors (Lipinski definition) is 0. The van der Waals surface area contributed by atoms with E-state index in [2.05, 4.69) is 4.74 Å². The van der Waals surface area contributed by atoms with Crippen molar-refractivity contribution in [2.75, 3.05) is 20.2 Å². The van der Waals surface area contributed by atoms with Gasteiger partial charge in [0.15, 0.2) is 0 Å². The summed E-state index contributed by atoms with van der Waals surface area (Å²) in [5.74, 6) is 0.0711. The monoisotopic (exact) mass is 399 g/mol. The van der Waals surface area contributed by atoms with E-state index in [1.54, 1.807) is 13.0 Å². The quantitative estimate of drug-likeness (QED) is 0.704. The van der Waals surface area contributed by atoms with Crippen molar-refractivity contribution in [1.29, 1.82) is 0 Å². The maximum Gasteiger partial charge on any atom is 0.349 e. The second-order valence-electron chi connectivity index (χ2n) is 5.72. The van der Waals surface area contributed by atoms with Crippen LogP contribution in [0, 0.1) is 6.92 Å². The summed E-state index contributed by atoms with van der Waals surface area (Å²) in [6.07, 6.45) is 0.0714. The third-order valence-electron chi connectivity index (χ3n) is 3.90. The standard InChI is InChI=1S/C16H17NO7S2/c1-10-7-12(8-14(18)23-10)24-11-3-5-17(9-11)26(20,21)13-4-6-25-15(13)16(19)22-2/h4,6-8,11H,3,5,9H2,1-2H3. The molecule has 0 radical (unpaired) electrons. The van der Waals surface area contributed by atoms with Gasteiger partial charge in [0.25, 0.3) is 0 Å². The average molecular weight is 399 g/mol. The molecule has 0 amide bonds. The molecular formula is C16H17NO7S2. The predicted molar refractivity (Wildman–Crippen MR) is 93.2 cm³/mol. The van der Waals surface area contributed by atoms with Crippen molar-refractivity contribution in [3.63, 3.8) is 0 Å². The molecular weight excluding hydrogens is 382 g/mol. The molecule has 10 heteroatoms. The molecule has 2 aromatic rings. The third kappa shape index (κ3) is 3.67. The molecule has 26 heavy (non-hydrogen) atoms. The Hall–Kier alpha value is -2.17. The van der Waals surface area contributed by atoms with Crippen LogP contribution in [0.4, 0.5) is 0 Å². The molecule has 0 N–H and O–H groups in total. The minimum absolute atomic E-state index is 0.0492. The summed E-state index contributed by atoms with van der Waals surface area (Å²) in [7, 11) is -2.64. The zero-order valence-corrected chi connectivity index (χ0v) is 15.8. The van der Waals surface area contributed by atoms with Gasteiger partial charge in [-0.15, -0.1) is 11.3 Å². The van der Waals surface area contributed by atoms with E-state index in [-0.39, 0.29) is 22.9 Å². The van der Waals surface area contributed by atoms with Crippen molar-refractivity contribution >= 4 is 27.3 Å². The van der Waals surface area contributed by atoms with Gasteiger partial charge in [0.2, 0.25) is 10.0 Å². The van der Waals surface area contributed by atoms with Crippen molar-refractivity contribution in [1.82, 2.24) is 4.31 Å². The number of hydrogen-bond acceptors (Lipinski definition) is 8. The first-order valence-corrected chi connectivity index (χ1v) is 10.1. The summed E-state index contributed by atoms with van der Waals surface area (Å²) in [6, 6.07) is 4.19. The van der Waals surface area contributed by atoms with Crippen LogP contribution in [0.5, 0.6) is 5.75 Å². The van der Waals surface area contributed by atoms with Crippen LogP contribution in [0.2, 0.25) is 0 Å². The highest BCUT2D eigenvalue weighted by Gasteiger charge is 2.36. The van der Waals surface area contributed by atoms with Crippen molar-refractivity contribution in [3.8, 4) is 5.75 Å². The number of ether oxygens (including phenoxy) is 2. The molecule has 2 aromatic heterocycles. The van der Waals surface area contributed by atoms with Crippen molar-refractivity contribution in [2.24, 2.45) is 0 Å². The summed E-state index contributed by atoms with van der Waals surface area (Å²) in [4.78, 5) is 23.2. The zero-order chi connectivity index (χ0) is 18.9. The number of aryl methyl sites for hydroxylation is 1. The first-order valence-electron chi connectivity index (χ1n) is 7.75. The zero-order valence-electron chi connectivity index (χ0n) is 14.1. The van der Waals surface area contributed by atoms with Crippen molar-refractivity contribution in [3.05, 3.63) is 44.6 Å². The van der Waals surface area contributed by atoms with E-state index in [0.29, 0.717) is 17.9 Å². The van der Waals surface area contributed by atoms with Gasteiger partial charge in [-0.05, 0) is 24.8 Å². The van der Waals surface area contributed by atoms with E-state index in [1.165, 1.54) is 28.9 Å². The molecule has 0 saturated carbocycles. The molecule has 0 spiro atoms. The van der Waals surface area contributed by atoms with E-state index in [1.807, 2.05) is 0 Å². The molecule has 1 atom stereocenters. The lowest BCUT2D eigenvalue weighted by atomic mass is 10.3. The average Bonchev–Trinajstić information content (AvgIpc) is 3.22. The van der Waals surface area contributed by atoms with E-state index in [4.69, 9.17) is 9.15 Å². The first kappa shape index (κ1) is 18.6. The fourth-order valence-corrected chi connectivity index (χ4v) is 5.52. The SMILES string of the molecule is COC(=O)c1sccc1S(=O)(=O)N1CCC(Oc2cc(C)oc(=O)c2)C1. The van der Waals surface area contributed by atoms with Crippen LogP contribution in [-0.4, -0.2) is 45.0 Å². The Labute approximate surface area is 154 Å². The summed E-state index contributed by atoms with van der Waals surface area (Å²) in [6.45, 7) is 2.01. The molecule has 1 fully saturated rings. The Bertz CT molecular complexity index is 976. The van der Waals surface area contributed by atoms with Crippen LogP contribution in [0.1, 0.15) is 21.9 Å². The summed E-state index contributed by atoms with van der Waals surface area (Å²) >= 11 is 1.02. The number of sulfonamides is 1. The molecule has 1 aliphatic rings. The number of esters is 1. The number of nitrogens with zero attached hydrogens (tertiary/aromatic N) is 1. The highest BCUT2D eigenvalue weighted by atomic mass is 32.2. The lowest BCUT2D eigenvalue weighted by molar-refractivity contribution is 0.0602. The lowest BCUT2D eigenvalue weighted by Crippen LogP contribution is -2.31. The molecule has 1 unspecified atom stereocenters. The number of thiophene rings is 1. The maximum absolute atomic E-state index is 12.8. The molecule has 3 rings (SSSR count). The fraction of sp³-hybridized carbons (Fsp3) is 0.375. The van der Waals surface area contributed by atoms with Gasteiger partial charge in [-0.3, -0.25) is 0 Å². The molecule has 3 heterocycles. The fourth-order valence-electron chi connectivity index (χ4n) is 2.73. The number of carbonyl (C=O) groups excluding carboxylic acids is 1. The van der Waals surface area contributed by atoms with Crippen molar-refractivity contribution < 1.29 is 27.1 Å². The normalized spacial score (nSPS) is 18.0. The van der Waals surface area contributed by atoms with Gasteiger partial charge >= 0.3 is 11.6 Å². The Kier molecular flexibility index (Phi) is 5.17. The minimum atomic E-state index is -3.84. The minimum Gasteiger partial charge on any atom is -0.489 e.